The van der Waals surface area contributed by atoms with Crippen LogP contribution in [0.15, 0.2) is 29.6 Å². The number of nitrogens with zero attached hydrogens (tertiary/aromatic N) is 1. The molecule has 0 spiro atoms. The van der Waals surface area contributed by atoms with Crippen molar-refractivity contribution in [3.63, 3.8) is 0 Å². The van der Waals surface area contributed by atoms with Crippen LogP contribution in [0.3, 0.4) is 0 Å². The van der Waals surface area contributed by atoms with Crippen LogP contribution in [-0.2, 0) is 6.61 Å². The predicted octanol–water partition coefficient (Wildman–Crippen LogP) is 2.99. The lowest BCUT2D eigenvalue weighted by molar-refractivity contribution is 0.0933. The van der Waals surface area contributed by atoms with Crippen molar-refractivity contribution in [1.82, 2.24) is 15.3 Å². The van der Waals surface area contributed by atoms with E-state index in [1.807, 2.05) is 0 Å². The monoisotopic (exact) mass is 412 g/mol. The van der Waals surface area contributed by atoms with Crippen molar-refractivity contribution in [2.75, 3.05) is 6.54 Å². The van der Waals surface area contributed by atoms with Gasteiger partial charge >= 0.3 is 0 Å². The highest BCUT2D eigenvalue weighted by Crippen LogP contribution is 2.27. The van der Waals surface area contributed by atoms with Crippen LogP contribution in [0.5, 0.6) is 0 Å². The minimum atomic E-state index is -0.890. The van der Waals surface area contributed by atoms with Crippen LogP contribution in [0.25, 0.3) is 11.3 Å². The Morgan fingerprint density at radius 1 is 1.37 bits per heavy atom. The largest absolute Gasteiger partial charge is 0.390 e. The molecular weight excluding hydrogens is 398 g/mol. The zero-order valence-corrected chi connectivity index (χ0v) is 15.4. The van der Waals surface area contributed by atoms with Gasteiger partial charge in [-0.1, -0.05) is 11.6 Å². The number of thiazole rings is 1. The predicted molar refractivity (Wildman–Crippen MR) is 98.5 cm³/mol. The minimum Gasteiger partial charge on any atom is -0.390 e. The lowest BCUT2D eigenvalue weighted by Gasteiger charge is -2.13. The van der Waals surface area contributed by atoms with Crippen molar-refractivity contribution in [2.45, 2.75) is 12.6 Å². The van der Waals surface area contributed by atoms with Gasteiger partial charge in [0.2, 0.25) is 0 Å². The van der Waals surface area contributed by atoms with Crippen molar-refractivity contribution in [1.29, 1.82) is 0 Å². The summed E-state index contributed by atoms with van der Waals surface area (Å²) in [5, 5.41) is 13.5. The number of aliphatic hydroxyl groups is 1. The van der Waals surface area contributed by atoms with Gasteiger partial charge in [-0.15, -0.1) is 11.3 Å². The Morgan fingerprint density at radius 3 is 2.67 bits per heavy atom. The molecule has 0 saturated heterocycles. The van der Waals surface area contributed by atoms with E-state index in [4.69, 9.17) is 22.4 Å². The molecule has 0 radical (unpaired) electrons. The Morgan fingerprint density at radius 2 is 2.07 bits per heavy atom. The molecule has 0 aliphatic rings. The lowest BCUT2D eigenvalue weighted by atomic mass is 10.1. The van der Waals surface area contributed by atoms with E-state index < -0.39 is 28.6 Å². The molecule has 6 nitrogen and oxygen atoms in total. The van der Waals surface area contributed by atoms with Gasteiger partial charge in [0.05, 0.1) is 18.3 Å². The van der Waals surface area contributed by atoms with Gasteiger partial charge in [0, 0.05) is 23.2 Å². The van der Waals surface area contributed by atoms with E-state index >= 15 is 0 Å². The summed E-state index contributed by atoms with van der Waals surface area (Å²) in [4.78, 5) is 19.5. The lowest BCUT2D eigenvalue weighted by Crippen LogP contribution is -2.33. The maximum Gasteiger partial charge on any atom is 0.268 e. The number of aliphatic hydroxyl groups excluding tert-OH is 1. The molecule has 0 bridgehead atoms. The number of amides is 1. The molecule has 5 N–H and O–H groups in total. The van der Waals surface area contributed by atoms with Crippen LogP contribution in [0.2, 0.25) is 5.02 Å². The highest BCUT2D eigenvalue weighted by Gasteiger charge is 2.19. The second-order valence-electron chi connectivity index (χ2n) is 5.64. The molecule has 1 aromatic carbocycles. The van der Waals surface area contributed by atoms with Gasteiger partial charge in [-0.25, -0.2) is 13.8 Å². The standard InChI is InChI=1S/C17H15ClF2N4O2S/c18-15-10(19)3-8(4-11(15)20)12-1-2-13(23-12)16(26)24-14(5-21)17-22-9(6-25)7-27-17/h1-4,7,14,23,25H,5-6,21H2,(H,24,26)/t14-/m1/s1. The van der Waals surface area contributed by atoms with Crippen LogP contribution in [0.1, 0.15) is 27.2 Å². The number of hydrogen-bond acceptors (Lipinski definition) is 5. The van der Waals surface area contributed by atoms with Crippen molar-refractivity contribution in [3.05, 3.63) is 62.7 Å². The zero-order chi connectivity index (χ0) is 19.6. The van der Waals surface area contributed by atoms with E-state index in [0.29, 0.717) is 16.4 Å². The van der Waals surface area contributed by atoms with Gasteiger partial charge in [0.15, 0.2) is 0 Å². The number of halogens is 3. The number of H-pyrrole nitrogens is 1. The summed E-state index contributed by atoms with van der Waals surface area (Å²) in [6.07, 6.45) is 0. The Kier molecular flexibility index (Phi) is 5.85. The van der Waals surface area contributed by atoms with Crippen molar-refractivity contribution < 1.29 is 18.7 Å². The smallest absolute Gasteiger partial charge is 0.268 e. The number of carbonyl (C=O) groups is 1. The average Bonchev–Trinajstić information content (AvgIpc) is 3.33. The summed E-state index contributed by atoms with van der Waals surface area (Å²) in [7, 11) is 0. The van der Waals surface area contributed by atoms with Crippen LogP contribution in [0, 0.1) is 11.6 Å². The van der Waals surface area contributed by atoms with E-state index in [1.54, 1.807) is 5.38 Å². The molecular formula is C17H15ClF2N4O2S. The fourth-order valence-electron chi connectivity index (χ4n) is 2.42. The fourth-order valence-corrected chi connectivity index (χ4v) is 3.40. The summed E-state index contributed by atoms with van der Waals surface area (Å²) in [6.45, 7) is -0.0821. The molecule has 3 rings (SSSR count). The number of rotatable bonds is 6. The SMILES string of the molecule is NC[C@@H](NC(=O)c1ccc(-c2cc(F)c(Cl)c(F)c2)[nH]1)c1nc(CO)cs1. The summed E-state index contributed by atoms with van der Waals surface area (Å²) < 4.78 is 27.3. The first-order valence-electron chi connectivity index (χ1n) is 7.83. The number of benzene rings is 1. The first-order valence-corrected chi connectivity index (χ1v) is 9.08. The first kappa shape index (κ1) is 19.4. The summed E-state index contributed by atoms with van der Waals surface area (Å²) >= 11 is 6.76. The van der Waals surface area contributed by atoms with Crippen molar-refractivity contribution in [3.8, 4) is 11.3 Å². The molecule has 27 heavy (non-hydrogen) atoms. The van der Waals surface area contributed by atoms with Crippen LogP contribution < -0.4 is 11.1 Å². The number of aromatic amines is 1. The summed E-state index contributed by atoms with van der Waals surface area (Å²) in [6, 6.07) is 4.65. The molecule has 10 heteroatoms. The third kappa shape index (κ3) is 4.16. The Balaban J connectivity index is 1.78. The molecule has 2 aromatic heterocycles. The highest BCUT2D eigenvalue weighted by atomic mass is 35.5. The maximum atomic E-state index is 13.6. The van der Waals surface area contributed by atoms with E-state index in [2.05, 4.69) is 15.3 Å². The molecule has 3 aromatic rings. The van der Waals surface area contributed by atoms with Gasteiger partial charge in [-0.2, -0.15) is 0 Å². The first-order chi connectivity index (χ1) is 12.9. The minimum absolute atomic E-state index is 0.116. The Labute approximate surface area is 162 Å². The Hall–Kier alpha value is -2.33. The van der Waals surface area contributed by atoms with E-state index in [0.717, 1.165) is 12.1 Å². The average molecular weight is 413 g/mol. The van der Waals surface area contributed by atoms with Gasteiger partial charge in [0.25, 0.3) is 5.91 Å². The van der Waals surface area contributed by atoms with E-state index in [9.17, 15) is 13.6 Å². The van der Waals surface area contributed by atoms with Crippen LogP contribution in [-0.4, -0.2) is 27.5 Å². The number of aromatic nitrogens is 2. The number of hydrogen-bond donors (Lipinski definition) is 4. The topological polar surface area (TPSA) is 104 Å². The summed E-state index contributed by atoms with van der Waals surface area (Å²) in [5.41, 5.74) is 6.97. The number of nitrogens with one attached hydrogen (secondary N) is 2. The van der Waals surface area contributed by atoms with Crippen molar-refractivity contribution in [2.24, 2.45) is 5.73 Å². The number of carbonyl (C=O) groups excluding carboxylic acids is 1. The van der Waals surface area contributed by atoms with Crippen LogP contribution >= 0.6 is 22.9 Å². The maximum absolute atomic E-state index is 13.6. The fraction of sp³-hybridized carbons (Fsp3) is 0.176. The molecule has 0 aliphatic heterocycles. The van der Waals surface area contributed by atoms with Crippen molar-refractivity contribution >= 4 is 28.8 Å². The molecule has 0 fully saturated rings. The molecule has 2 heterocycles. The molecule has 1 amide bonds. The highest BCUT2D eigenvalue weighted by molar-refractivity contribution is 7.09. The van der Waals surface area contributed by atoms with Gasteiger partial charge in [-0.05, 0) is 24.3 Å². The third-order valence-corrected chi connectivity index (χ3v) is 5.16. The molecule has 0 aliphatic carbocycles. The summed E-state index contributed by atoms with van der Waals surface area (Å²) in [5.74, 6) is -2.23. The third-order valence-electron chi connectivity index (χ3n) is 3.80. The second kappa shape index (κ2) is 8.13. The number of nitrogens with two attached hydrogens (primary N) is 1. The van der Waals surface area contributed by atoms with Crippen LogP contribution in [0.4, 0.5) is 8.78 Å². The molecule has 142 valence electrons. The van der Waals surface area contributed by atoms with E-state index in [1.165, 1.54) is 23.5 Å². The normalized spacial score (nSPS) is 12.2. The second-order valence-corrected chi connectivity index (χ2v) is 6.90. The Bertz CT molecular complexity index is 953. The zero-order valence-electron chi connectivity index (χ0n) is 13.8. The van der Waals surface area contributed by atoms with E-state index in [-0.39, 0.29) is 24.4 Å². The molecule has 1 atom stereocenters. The molecule has 0 saturated carbocycles. The van der Waals surface area contributed by atoms with Gasteiger partial charge in [0.1, 0.15) is 27.4 Å². The van der Waals surface area contributed by atoms with Gasteiger partial charge < -0.3 is 21.1 Å². The molecule has 0 unspecified atom stereocenters. The van der Waals surface area contributed by atoms with Gasteiger partial charge in [-0.3, -0.25) is 4.79 Å². The quantitative estimate of drug-likeness (QED) is 0.467.